The Balaban J connectivity index is 2.96. The van der Waals surface area contributed by atoms with E-state index in [9.17, 15) is 14.7 Å². The third kappa shape index (κ3) is 2.82. The molecular weight excluding hydrogens is 208 g/mol. The maximum Gasteiger partial charge on any atom is 0.350 e. The Bertz CT molecular complexity index is 457. The summed E-state index contributed by atoms with van der Waals surface area (Å²) in [6, 6.07) is 1.32. The Hall–Kier alpha value is -1.84. The van der Waals surface area contributed by atoms with Crippen LogP contribution in [0, 0.1) is 0 Å². The summed E-state index contributed by atoms with van der Waals surface area (Å²) < 4.78 is 4.93. The molecule has 0 fully saturated rings. The number of Topliss-reactive ketones (excluding diaryl/α,β-unsaturated/α-hetero) is 1. The van der Waals surface area contributed by atoms with Crippen molar-refractivity contribution in [2.24, 2.45) is 0 Å². The number of allylic oxidation sites excluding steroid dienone is 1. The summed E-state index contributed by atoms with van der Waals surface area (Å²) >= 11 is 0. The lowest BCUT2D eigenvalue weighted by Crippen LogP contribution is -2.12. The number of aromatic hydroxyl groups is 1. The van der Waals surface area contributed by atoms with Crippen molar-refractivity contribution in [3.63, 3.8) is 0 Å². The minimum absolute atomic E-state index is 0.285. The van der Waals surface area contributed by atoms with Crippen LogP contribution in [0.5, 0.6) is 5.75 Å². The number of rotatable bonds is 5. The molecule has 0 saturated carbocycles. The maximum absolute atomic E-state index is 11.4. The fraction of sp³-hybridized carbons (Fsp3) is 0.333. The van der Waals surface area contributed by atoms with E-state index in [4.69, 9.17) is 4.42 Å². The molecule has 0 aliphatic heterocycles. The molecule has 1 rings (SSSR count). The fourth-order valence-electron chi connectivity index (χ4n) is 1.40. The highest BCUT2D eigenvalue weighted by atomic mass is 16.4. The molecule has 0 aliphatic rings. The second kappa shape index (κ2) is 5.30. The molecule has 0 amide bonds. The van der Waals surface area contributed by atoms with Crippen molar-refractivity contribution in [3.05, 3.63) is 40.5 Å². The van der Waals surface area contributed by atoms with Crippen LogP contribution in [0.25, 0.3) is 0 Å². The van der Waals surface area contributed by atoms with Gasteiger partial charge >= 0.3 is 5.63 Å². The summed E-state index contributed by atoms with van der Waals surface area (Å²) in [6.45, 7) is 4.79. The number of unbranched alkanes of at least 4 members (excludes halogenated alkanes) is 1. The minimum atomic E-state index is -0.777. The molecule has 0 radical (unpaired) electrons. The van der Waals surface area contributed by atoms with Gasteiger partial charge in [0.1, 0.15) is 17.1 Å². The molecule has 86 valence electrons. The largest absolute Gasteiger partial charge is 0.507 e. The van der Waals surface area contributed by atoms with Crippen molar-refractivity contribution in [3.8, 4) is 5.75 Å². The van der Waals surface area contributed by atoms with Crippen LogP contribution in [0.15, 0.2) is 27.9 Å². The second-order valence-corrected chi connectivity index (χ2v) is 3.50. The maximum atomic E-state index is 11.4. The van der Waals surface area contributed by atoms with Gasteiger partial charge in [-0.05, 0) is 19.8 Å². The van der Waals surface area contributed by atoms with Crippen molar-refractivity contribution in [1.29, 1.82) is 0 Å². The first-order valence-corrected chi connectivity index (χ1v) is 5.04. The molecule has 0 aromatic carbocycles. The number of carbonyl (C=O) groups is 1. The lowest BCUT2D eigenvalue weighted by Gasteiger charge is -2.02. The van der Waals surface area contributed by atoms with Gasteiger partial charge in [0.05, 0.1) is 0 Å². The van der Waals surface area contributed by atoms with E-state index in [1.54, 1.807) is 6.08 Å². The van der Waals surface area contributed by atoms with Crippen LogP contribution >= 0.6 is 0 Å². The van der Waals surface area contributed by atoms with E-state index < -0.39 is 11.4 Å². The molecule has 1 aromatic heterocycles. The first-order valence-electron chi connectivity index (χ1n) is 5.04. The highest BCUT2D eigenvalue weighted by Crippen LogP contribution is 2.16. The number of hydrogen-bond donors (Lipinski definition) is 1. The molecule has 0 unspecified atom stereocenters. The highest BCUT2D eigenvalue weighted by molar-refractivity contribution is 5.96. The topological polar surface area (TPSA) is 67.5 Å². The first-order chi connectivity index (χ1) is 7.56. The van der Waals surface area contributed by atoms with Gasteiger partial charge in [-0.1, -0.05) is 6.08 Å². The van der Waals surface area contributed by atoms with E-state index in [0.29, 0.717) is 12.2 Å². The van der Waals surface area contributed by atoms with Crippen LogP contribution in [0.2, 0.25) is 0 Å². The summed E-state index contributed by atoms with van der Waals surface area (Å²) in [7, 11) is 0. The summed E-state index contributed by atoms with van der Waals surface area (Å²) in [5.74, 6) is -0.421. The summed E-state index contributed by atoms with van der Waals surface area (Å²) in [5.41, 5.74) is -1.06. The zero-order valence-electron chi connectivity index (χ0n) is 9.16. The molecule has 1 aromatic rings. The Kier molecular flexibility index (Phi) is 4.05. The number of aryl methyl sites for hydroxylation is 1. The number of ketones is 1. The van der Waals surface area contributed by atoms with Gasteiger partial charge in [-0.2, -0.15) is 0 Å². The molecule has 4 heteroatoms. The molecule has 0 aliphatic carbocycles. The fourth-order valence-corrected chi connectivity index (χ4v) is 1.40. The van der Waals surface area contributed by atoms with Gasteiger partial charge in [0, 0.05) is 12.5 Å². The van der Waals surface area contributed by atoms with Crippen LogP contribution in [0.4, 0.5) is 0 Å². The van der Waals surface area contributed by atoms with Gasteiger partial charge in [0.25, 0.3) is 0 Å². The molecule has 0 spiro atoms. The standard InChI is InChI=1S/C12H14O4/c1-3-4-5-6-9-7-10(14)11(8(2)13)12(15)16-9/h3,7,14H,1,4-6H2,2H3. The van der Waals surface area contributed by atoms with Crippen LogP contribution in [0.3, 0.4) is 0 Å². The smallest absolute Gasteiger partial charge is 0.350 e. The van der Waals surface area contributed by atoms with Crippen LogP contribution in [-0.2, 0) is 6.42 Å². The lowest BCUT2D eigenvalue weighted by molar-refractivity contribution is 0.101. The van der Waals surface area contributed by atoms with E-state index in [0.717, 1.165) is 12.8 Å². The van der Waals surface area contributed by atoms with Crippen molar-refractivity contribution < 1.29 is 14.3 Å². The summed E-state index contributed by atoms with van der Waals surface area (Å²) in [6.07, 6.45) is 3.89. The minimum Gasteiger partial charge on any atom is -0.507 e. The Morgan fingerprint density at radius 1 is 1.62 bits per heavy atom. The molecule has 0 bridgehead atoms. The molecule has 0 atom stereocenters. The Labute approximate surface area is 93.2 Å². The normalized spacial score (nSPS) is 10.1. The van der Waals surface area contributed by atoms with Gasteiger partial charge in [-0.15, -0.1) is 6.58 Å². The van der Waals surface area contributed by atoms with Gasteiger partial charge < -0.3 is 9.52 Å². The van der Waals surface area contributed by atoms with Crippen LogP contribution < -0.4 is 5.63 Å². The van der Waals surface area contributed by atoms with E-state index in [1.165, 1.54) is 13.0 Å². The third-order valence-corrected chi connectivity index (χ3v) is 2.17. The van der Waals surface area contributed by atoms with Crippen molar-refractivity contribution in [1.82, 2.24) is 0 Å². The van der Waals surface area contributed by atoms with Crippen molar-refractivity contribution >= 4 is 5.78 Å². The second-order valence-electron chi connectivity index (χ2n) is 3.50. The zero-order valence-corrected chi connectivity index (χ0v) is 9.16. The van der Waals surface area contributed by atoms with Gasteiger partial charge in [0.2, 0.25) is 0 Å². The van der Waals surface area contributed by atoms with E-state index in [1.807, 2.05) is 0 Å². The Morgan fingerprint density at radius 2 is 2.31 bits per heavy atom. The Morgan fingerprint density at radius 3 is 2.81 bits per heavy atom. The van der Waals surface area contributed by atoms with Gasteiger partial charge in [0.15, 0.2) is 5.78 Å². The van der Waals surface area contributed by atoms with Crippen molar-refractivity contribution in [2.75, 3.05) is 0 Å². The molecule has 0 saturated heterocycles. The SMILES string of the molecule is C=CCCCc1cc(O)c(C(C)=O)c(=O)o1. The van der Waals surface area contributed by atoms with Gasteiger partial charge in [-0.3, -0.25) is 4.79 Å². The summed E-state index contributed by atoms with van der Waals surface area (Å²) in [5, 5.41) is 9.50. The van der Waals surface area contributed by atoms with E-state index in [2.05, 4.69) is 6.58 Å². The average Bonchev–Trinajstić information content (AvgIpc) is 2.16. The third-order valence-electron chi connectivity index (χ3n) is 2.17. The molecule has 16 heavy (non-hydrogen) atoms. The predicted octanol–water partition coefficient (Wildman–Crippen LogP) is 2.06. The number of carbonyl (C=O) groups excluding carboxylic acids is 1. The monoisotopic (exact) mass is 222 g/mol. The van der Waals surface area contributed by atoms with Gasteiger partial charge in [-0.25, -0.2) is 4.79 Å². The number of hydrogen-bond acceptors (Lipinski definition) is 4. The molecule has 4 nitrogen and oxygen atoms in total. The average molecular weight is 222 g/mol. The van der Waals surface area contributed by atoms with Crippen LogP contribution in [-0.4, -0.2) is 10.9 Å². The molecule has 1 heterocycles. The lowest BCUT2D eigenvalue weighted by atomic mass is 10.1. The zero-order chi connectivity index (χ0) is 12.1. The van der Waals surface area contributed by atoms with Crippen LogP contribution in [0.1, 0.15) is 35.9 Å². The van der Waals surface area contributed by atoms with E-state index in [-0.39, 0.29) is 11.3 Å². The molecular formula is C12H14O4. The van der Waals surface area contributed by atoms with Crippen molar-refractivity contribution in [2.45, 2.75) is 26.2 Å². The molecule has 1 N–H and O–H groups in total. The van der Waals surface area contributed by atoms with E-state index >= 15 is 0 Å². The highest BCUT2D eigenvalue weighted by Gasteiger charge is 2.14. The predicted molar refractivity (Wildman–Crippen MR) is 59.8 cm³/mol. The summed E-state index contributed by atoms with van der Waals surface area (Å²) in [4.78, 5) is 22.4. The first kappa shape index (κ1) is 12.2. The quantitative estimate of drug-likeness (QED) is 0.470.